The van der Waals surface area contributed by atoms with Crippen LogP contribution in [0, 0.1) is 11.6 Å². The van der Waals surface area contributed by atoms with Gasteiger partial charge >= 0.3 is 0 Å². The van der Waals surface area contributed by atoms with E-state index in [0.717, 1.165) is 23.8 Å². The molecule has 0 radical (unpaired) electrons. The van der Waals surface area contributed by atoms with Crippen molar-refractivity contribution in [1.29, 1.82) is 0 Å². The summed E-state index contributed by atoms with van der Waals surface area (Å²) in [5.41, 5.74) is 0.651. The van der Waals surface area contributed by atoms with Gasteiger partial charge in [-0.3, -0.25) is 9.69 Å². The molecule has 0 heterocycles. The number of hydrogen-bond acceptors (Lipinski definition) is 2. The molecule has 7 heteroatoms. The first-order valence-electron chi connectivity index (χ1n) is 7.17. The topological polar surface area (TPSA) is 32.3 Å². The van der Waals surface area contributed by atoms with E-state index in [1.807, 2.05) is 0 Å². The summed E-state index contributed by atoms with van der Waals surface area (Å²) >= 11 is 11.9. The van der Waals surface area contributed by atoms with Crippen LogP contribution in [0.1, 0.15) is 12.5 Å². The molecule has 0 aliphatic rings. The molecule has 0 aliphatic carbocycles. The van der Waals surface area contributed by atoms with Crippen LogP contribution in [0.15, 0.2) is 36.4 Å². The van der Waals surface area contributed by atoms with Crippen LogP contribution in [0.2, 0.25) is 10.0 Å². The summed E-state index contributed by atoms with van der Waals surface area (Å²) in [5, 5.41) is 3.40. The highest BCUT2D eigenvalue weighted by molar-refractivity contribution is 6.34. The first-order chi connectivity index (χ1) is 11.3. The largest absolute Gasteiger partial charge is 0.322 e. The van der Waals surface area contributed by atoms with Gasteiger partial charge in [0.05, 0.1) is 11.7 Å². The second kappa shape index (κ2) is 7.92. The van der Waals surface area contributed by atoms with Crippen LogP contribution >= 0.6 is 23.2 Å². The van der Waals surface area contributed by atoms with Gasteiger partial charge in [0.2, 0.25) is 5.91 Å². The van der Waals surface area contributed by atoms with Gasteiger partial charge in [-0.15, -0.1) is 0 Å². The number of hydrogen-bond donors (Lipinski definition) is 1. The Morgan fingerprint density at radius 1 is 1.17 bits per heavy atom. The van der Waals surface area contributed by atoms with Gasteiger partial charge in [-0.25, -0.2) is 8.78 Å². The number of halogens is 4. The summed E-state index contributed by atoms with van der Waals surface area (Å²) in [5.74, 6) is -1.77. The molecular weight excluding hydrogens is 357 g/mol. The van der Waals surface area contributed by atoms with Crippen molar-refractivity contribution in [3.63, 3.8) is 0 Å². The lowest BCUT2D eigenvalue weighted by Gasteiger charge is -2.24. The Balaban J connectivity index is 2.05. The average Bonchev–Trinajstić information content (AvgIpc) is 2.49. The van der Waals surface area contributed by atoms with Crippen molar-refractivity contribution in [1.82, 2.24) is 4.90 Å². The van der Waals surface area contributed by atoms with Crippen LogP contribution in [0.3, 0.4) is 0 Å². The highest BCUT2D eigenvalue weighted by Crippen LogP contribution is 2.21. The minimum atomic E-state index is -0.693. The normalized spacial score (nSPS) is 12.3. The van der Waals surface area contributed by atoms with E-state index < -0.39 is 23.6 Å². The predicted molar refractivity (Wildman–Crippen MR) is 92.4 cm³/mol. The molecule has 1 amide bonds. The zero-order valence-electron chi connectivity index (χ0n) is 13.1. The van der Waals surface area contributed by atoms with Crippen LogP contribution in [0.25, 0.3) is 0 Å². The van der Waals surface area contributed by atoms with Gasteiger partial charge in [0, 0.05) is 22.7 Å². The third-order valence-electron chi connectivity index (χ3n) is 3.58. The van der Waals surface area contributed by atoms with E-state index in [1.54, 1.807) is 37.1 Å². The summed E-state index contributed by atoms with van der Waals surface area (Å²) in [4.78, 5) is 14.0. The van der Waals surface area contributed by atoms with Crippen LogP contribution < -0.4 is 5.32 Å². The predicted octanol–water partition coefficient (Wildman–Crippen LogP) is 4.73. The fraction of sp³-hybridized carbons (Fsp3) is 0.235. The fourth-order valence-corrected chi connectivity index (χ4v) is 2.73. The molecule has 0 aromatic heterocycles. The second-order valence-corrected chi connectivity index (χ2v) is 6.36. The quantitative estimate of drug-likeness (QED) is 0.822. The maximum Gasteiger partial charge on any atom is 0.241 e. The molecule has 0 saturated heterocycles. The standard InChI is InChI=1S/C17H16Cl2F2N2O/c1-10(17(24)22-16-8-14(20)3-4-15(16)21)23(2)9-11-5-12(18)7-13(19)6-11/h3-8,10H,9H2,1-2H3,(H,22,24). The molecule has 0 fully saturated rings. The molecule has 128 valence electrons. The zero-order chi connectivity index (χ0) is 17.9. The molecule has 0 spiro atoms. The first-order valence-corrected chi connectivity index (χ1v) is 7.93. The average molecular weight is 373 g/mol. The number of anilines is 1. The smallest absolute Gasteiger partial charge is 0.241 e. The Morgan fingerprint density at radius 3 is 2.42 bits per heavy atom. The van der Waals surface area contributed by atoms with Crippen molar-refractivity contribution in [3.05, 3.63) is 63.6 Å². The van der Waals surface area contributed by atoms with Gasteiger partial charge in [-0.1, -0.05) is 23.2 Å². The highest BCUT2D eigenvalue weighted by atomic mass is 35.5. The molecule has 0 aliphatic heterocycles. The van der Waals surface area contributed by atoms with Crippen molar-refractivity contribution in [2.75, 3.05) is 12.4 Å². The summed E-state index contributed by atoms with van der Waals surface area (Å²) in [6.07, 6.45) is 0. The molecular formula is C17H16Cl2F2N2O. The summed E-state index contributed by atoms with van der Waals surface area (Å²) in [6, 6.07) is 7.44. The third-order valence-corrected chi connectivity index (χ3v) is 4.02. The second-order valence-electron chi connectivity index (χ2n) is 5.48. The van der Waals surface area contributed by atoms with Crippen LogP contribution in [-0.4, -0.2) is 23.9 Å². The van der Waals surface area contributed by atoms with E-state index in [2.05, 4.69) is 5.32 Å². The van der Waals surface area contributed by atoms with E-state index in [-0.39, 0.29) is 5.69 Å². The molecule has 2 rings (SSSR count). The van der Waals surface area contributed by atoms with Gasteiger partial charge in [-0.05, 0) is 49.9 Å². The van der Waals surface area contributed by atoms with E-state index in [0.29, 0.717) is 16.6 Å². The Hall–Kier alpha value is -1.69. The number of likely N-dealkylation sites (N-methyl/N-ethyl adjacent to an activating group) is 1. The molecule has 0 saturated carbocycles. The van der Waals surface area contributed by atoms with Crippen LogP contribution in [-0.2, 0) is 11.3 Å². The Bertz CT molecular complexity index is 735. The van der Waals surface area contributed by atoms with Gasteiger partial charge < -0.3 is 5.32 Å². The molecule has 1 unspecified atom stereocenters. The monoisotopic (exact) mass is 372 g/mol. The summed E-state index contributed by atoms with van der Waals surface area (Å²) in [6.45, 7) is 2.08. The van der Waals surface area contributed by atoms with Gasteiger partial charge in [0.1, 0.15) is 11.6 Å². The number of rotatable bonds is 5. The number of benzene rings is 2. The minimum absolute atomic E-state index is 0.189. The van der Waals surface area contributed by atoms with E-state index in [4.69, 9.17) is 23.2 Å². The Labute approximate surface area is 149 Å². The van der Waals surface area contributed by atoms with Gasteiger partial charge in [-0.2, -0.15) is 0 Å². The Kier molecular flexibility index (Phi) is 6.15. The SMILES string of the molecule is CC(C(=O)Nc1cc(F)ccc1F)N(C)Cc1cc(Cl)cc(Cl)c1. The molecule has 2 aromatic rings. The lowest BCUT2D eigenvalue weighted by Crippen LogP contribution is -2.39. The summed E-state index contributed by atoms with van der Waals surface area (Å²) in [7, 11) is 1.74. The zero-order valence-corrected chi connectivity index (χ0v) is 14.6. The van der Waals surface area contributed by atoms with E-state index in [9.17, 15) is 13.6 Å². The molecule has 2 aromatic carbocycles. The van der Waals surface area contributed by atoms with Crippen molar-refractivity contribution in [2.45, 2.75) is 19.5 Å². The third kappa shape index (κ3) is 4.90. The van der Waals surface area contributed by atoms with Crippen molar-refractivity contribution in [3.8, 4) is 0 Å². The van der Waals surface area contributed by atoms with Gasteiger partial charge in [0.15, 0.2) is 0 Å². The number of carbonyl (C=O) groups excluding carboxylic acids is 1. The fourth-order valence-electron chi connectivity index (χ4n) is 2.16. The van der Waals surface area contributed by atoms with Crippen LogP contribution in [0.5, 0.6) is 0 Å². The number of nitrogens with one attached hydrogen (secondary N) is 1. The maximum atomic E-state index is 13.6. The van der Waals surface area contributed by atoms with Crippen LogP contribution in [0.4, 0.5) is 14.5 Å². The summed E-state index contributed by atoms with van der Waals surface area (Å²) < 4.78 is 26.8. The van der Waals surface area contributed by atoms with Gasteiger partial charge in [0.25, 0.3) is 0 Å². The molecule has 0 bridgehead atoms. The Morgan fingerprint density at radius 2 is 1.79 bits per heavy atom. The van der Waals surface area contributed by atoms with Crippen molar-refractivity contribution in [2.24, 2.45) is 0 Å². The van der Waals surface area contributed by atoms with Crippen molar-refractivity contribution < 1.29 is 13.6 Å². The van der Waals surface area contributed by atoms with Crippen molar-refractivity contribution >= 4 is 34.8 Å². The maximum absolute atomic E-state index is 13.6. The minimum Gasteiger partial charge on any atom is -0.322 e. The lowest BCUT2D eigenvalue weighted by atomic mass is 10.2. The number of carbonyl (C=O) groups is 1. The van der Waals surface area contributed by atoms with E-state index in [1.165, 1.54) is 0 Å². The van der Waals surface area contributed by atoms with E-state index >= 15 is 0 Å². The lowest BCUT2D eigenvalue weighted by molar-refractivity contribution is -0.120. The number of amides is 1. The molecule has 3 nitrogen and oxygen atoms in total. The molecule has 1 atom stereocenters. The number of nitrogens with zero attached hydrogens (tertiary/aromatic N) is 1. The highest BCUT2D eigenvalue weighted by Gasteiger charge is 2.20. The molecule has 1 N–H and O–H groups in total. The molecule has 24 heavy (non-hydrogen) atoms. The first kappa shape index (κ1) is 18.6.